The SMILES string of the molecule is COCc1nn(-c2ccc(Cl)c(Cl)c2)c2c1CCN2. The van der Waals surface area contributed by atoms with Gasteiger partial charge in [0.2, 0.25) is 0 Å². The van der Waals surface area contributed by atoms with Crippen LogP contribution >= 0.6 is 23.2 Å². The lowest BCUT2D eigenvalue weighted by molar-refractivity contribution is 0.180. The van der Waals surface area contributed by atoms with E-state index < -0.39 is 0 Å². The summed E-state index contributed by atoms with van der Waals surface area (Å²) in [5, 5.41) is 9.00. The molecule has 4 nitrogen and oxygen atoms in total. The summed E-state index contributed by atoms with van der Waals surface area (Å²) in [4.78, 5) is 0. The van der Waals surface area contributed by atoms with Crippen LogP contribution in [0.2, 0.25) is 10.0 Å². The minimum absolute atomic E-state index is 0.512. The van der Waals surface area contributed by atoms with Gasteiger partial charge >= 0.3 is 0 Å². The van der Waals surface area contributed by atoms with Crippen molar-refractivity contribution in [3.05, 3.63) is 39.5 Å². The number of anilines is 1. The van der Waals surface area contributed by atoms with Crippen LogP contribution in [0.3, 0.4) is 0 Å². The van der Waals surface area contributed by atoms with Gasteiger partial charge in [-0.25, -0.2) is 4.68 Å². The molecule has 0 amide bonds. The maximum atomic E-state index is 6.06. The van der Waals surface area contributed by atoms with Crippen molar-refractivity contribution in [3.8, 4) is 5.69 Å². The third kappa shape index (κ3) is 2.20. The molecule has 2 aromatic rings. The van der Waals surface area contributed by atoms with E-state index >= 15 is 0 Å². The van der Waals surface area contributed by atoms with Crippen molar-refractivity contribution in [2.45, 2.75) is 13.0 Å². The number of halogens is 2. The summed E-state index contributed by atoms with van der Waals surface area (Å²) < 4.78 is 7.05. The summed E-state index contributed by atoms with van der Waals surface area (Å²) >= 11 is 12.0. The van der Waals surface area contributed by atoms with Crippen LogP contribution < -0.4 is 5.32 Å². The highest BCUT2D eigenvalue weighted by molar-refractivity contribution is 6.42. The van der Waals surface area contributed by atoms with E-state index in [0.29, 0.717) is 16.7 Å². The maximum Gasteiger partial charge on any atom is 0.133 e. The second kappa shape index (κ2) is 5.04. The molecular weight excluding hydrogens is 285 g/mol. The van der Waals surface area contributed by atoms with E-state index in [1.807, 2.05) is 16.8 Å². The van der Waals surface area contributed by atoms with Crippen LogP contribution in [-0.4, -0.2) is 23.4 Å². The van der Waals surface area contributed by atoms with Crippen LogP contribution in [0.4, 0.5) is 5.82 Å². The molecule has 1 N–H and O–H groups in total. The predicted octanol–water partition coefficient (Wildman–Crippen LogP) is 3.29. The topological polar surface area (TPSA) is 39.1 Å². The summed E-state index contributed by atoms with van der Waals surface area (Å²) in [7, 11) is 1.67. The number of hydrogen-bond donors (Lipinski definition) is 1. The number of fused-ring (bicyclic) bond motifs is 1. The van der Waals surface area contributed by atoms with E-state index in [2.05, 4.69) is 10.4 Å². The van der Waals surface area contributed by atoms with Crippen molar-refractivity contribution in [1.82, 2.24) is 9.78 Å². The zero-order valence-corrected chi connectivity index (χ0v) is 11.9. The number of hydrogen-bond acceptors (Lipinski definition) is 3. The Morgan fingerprint density at radius 2 is 2.21 bits per heavy atom. The van der Waals surface area contributed by atoms with Crippen molar-refractivity contribution in [2.75, 3.05) is 19.0 Å². The van der Waals surface area contributed by atoms with Crippen molar-refractivity contribution in [2.24, 2.45) is 0 Å². The number of ether oxygens (including phenoxy) is 1. The smallest absolute Gasteiger partial charge is 0.133 e. The molecule has 0 aliphatic carbocycles. The Morgan fingerprint density at radius 3 is 2.95 bits per heavy atom. The Morgan fingerprint density at radius 1 is 1.37 bits per heavy atom. The zero-order chi connectivity index (χ0) is 13.4. The van der Waals surface area contributed by atoms with E-state index in [9.17, 15) is 0 Å². The summed E-state index contributed by atoms with van der Waals surface area (Å²) in [6.07, 6.45) is 0.968. The molecule has 0 unspecified atom stereocenters. The number of benzene rings is 1. The van der Waals surface area contributed by atoms with Gasteiger partial charge in [-0.15, -0.1) is 0 Å². The van der Waals surface area contributed by atoms with Gasteiger partial charge in [0, 0.05) is 19.2 Å². The molecule has 6 heteroatoms. The van der Waals surface area contributed by atoms with Crippen molar-refractivity contribution in [1.29, 1.82) is 0 Å². The molecule has 1 aliphatic rings. The molecule has 2 heterocycles. The lowest BCUT2D eigenvalue weighted by atomic mass is 10.2. The summed E-state index contributed by atoms with van der Waals surface area (Å²) in [5.74, 6) is 1.02. The molecule has 3 rings (SSSR count). The molecule has 0 saturated heterocycles. The fraction of sp³-hybridized carbons (Fsp3) is 0.308. The van der Waals surface area contributed by atoms with Crippen LogP contribution in [0, 0.1) is 0 Å². The summed E-state index contributed by atoms with van der Waals surface area (Å²) in [6, 6.07) is 5.49. The second-order valence-electron chi connectivity index (χ2n) is 4.39. The first-order chi connectivity index (χ1) is 9.20. The largest absolute Gasteiger partial charge is 0.378 e. The minimum Gasteiger partial charge on any atom is -0.378 e. The minimum atomic E-state index is 0.512. The van der Waals surface area contributed by atoms with Gasteiger partial charge in [0.05, 0.1) is 28.0 Å². The summed E-state index contributed by atoms with van der Waals surface area (Å²) in [5.41, 5.74) is 3.07. The van der Waals surface area contributed by atoms with E-state index in [0.717, 1.165) is 30.2 Å². The molecule has 0 atom stereocenters. The molecule has 0 radical (unpaired) electrons. The van der Waals surface area contributed by atoms with Crippen LogP contribution in [0.1, 0.15) is 11.3 Å². The maximum absolute atomic E-state index is 6.06. The van der Waals surface area contributed by atoms with E-state index in [1.54, 1.807) is 13.2 Å². The Bertz CT molecular complexity index is 625. The standard InChI is InChI=1S/C13H13Cl2N3O/c1-19-7-12-9-4-5-16-13(9)18(17-12)8-2-3-10(14)11(15)6-8/h2-3,6,16H,4-5,7H2,1H3. The fourth-order valence-corrected chi connectivity index (χ4v) is 2.59. The highest BCUT2D eigenvalue weighted by Gasteiger charge is 2.22. The molecule has 100 valence electrons. The number of nitrogens with one attached hydrogen (secondary N) is 1. The molecule has 19 heavy (non-hydrogen) atoms. The van der Waals surface area contributed by atoms with Crippen molar-refractivity contribution in [3.63, 3.8) is 0 Å². The second-order valence-corrected chi connectivity index (χ2v) is 5.21. The Kier molecular flexibility index (Phi) is 3.39. The van der Waals surface area contributed by atoms with E-state index in [-0.39, 0.29) is 0 Å². The van der Waals surface area contributed by atoms with Gasteiger partial charge in [-0.2, -0.15) is 5.10 Å². The van der Waals surface area contributed by atoms with Crippen LogP contribution in [0.15, 0.2) is 18.2 Å². The average Bonchev–Trinajstić information content (AvgIpc) is 2.97. The number of nitrogens with zero attached hydrogens (tertiary/aromatic N) is 2. The lowest BCUT2D eigenvalue weighted by Crippen LogP contribution is -2.05. The van der Waals surface area contributed by atoms with Crippen LogP contribution in [0.5, 0.6) is 0 Å². The number of aromatic nitrogens is 2. The quantitative estimate of drug-likeness (QED) is 0.945. The van der Waals surface area contributed by atoms with Crippen LogP contribution in [0.25, 0.3) is 5.69 Å². The lowest BCUT2D eigenvalue weighted by Gasteiger charge is -2.07. The Labute approximate surface area is 121 Å². The first-order valence-electron chi connectivity index (χ1n) is 5.99. The van der Waals surface area contributed by atoms with E-state index in [4.69, 9.17) is 27.9 Å². The Balaban J connectivity index is 2.09. The van der Waals surface area contributed by atoms with Gasteiger partial charge in [0.25, 0.3) is 0 Å². The first-order valence-corrected chi connectivity index (χ1v) is 6.75. The molecule has 1 aliphatic heterocycles. The Hall–Kier alpha value is -1.23. The number of methoxy groups -OCH3 is 1. The predicted molar refractivity (Wildman–Crippen MR) is 76.5 cm³/mol. The molecule has 0 spiro atoms. The molecule has 0 bridgehead atoms. The van der Waals surface area contributed by atoms with Gasteiger partial charge in [-0.05, 0) is 24.6 Å². The summed E-state index contributed by atoms with van der Waals surface area (Å²) in [6.45, 7) is 1.43. The first kappa shape index (κ1) is 12.8. The van der Waals surface area contributed by atoms with Gasteiger partial charge in [0.1, 0.15) is 5.82 Å². The molecule has 1 aromatic heterocycles. The average molecular weight is 298 g/mol. The zero-order valence-electron chi connectivity index (χ0n) is 10.4. The third-order valence-corrected chi connectivity index (χ3v) is 3.90. The van der Waals surface area contributed by atoms with Crippen LogP contribution in [-0.2, 0) is 17.8 Å². The highest BCUT2D eigenvalue weighted by atomic mass is 35.5. The molecule has 0 fully saturated rings. The van der Waals surface area contributed by atoms with Gasteiger partial charge in [0.15, 0.2) is 0 Å². The normalized spacial score (nSPS) is 13.4. The fourth-order valence-electron chi connectivity index (χ4n) is 2.30. The molecule has 1 aromatic carbocycles. The van der Waals surface area contributed by atoms with Gasteiger partial charge in [-0.3, -0.25) is 0 Å². The third-order valence-electron chi connectivity index (χ3n) is 3.16. The monoisotopic (exact) mass is 297 g/mol. The molecular formula is C13H13Cl2N3O. The number of rotatable bonds is 3. The van der Waals surface area contributed by atoms with Gasteiger partial charge in [-0.1, -0.05) is 23.2 Å². The van der Waals surface area contributed by atoms with Crippen molar-refractivity contribution >= 4 is 29.0 Å². The van der Waals surface area contributed by atoms with Crippen molar-refractivity contribution < 1.29 is 4.74 Å². The highest BCUT2D eigenvalue weighted by Crippen LogP contribution is 2.31. The van der Waals surface area contributed by atoms with Gasteiger partial charge < -0.3 is 10.1 Å². The molecule has 0 saturated carbocycles. The van der Waals surface area contributed by atoms with E-state index in [1.165, 1.54) is 5.56 Å².